The predicted octanol–water partition coefficient (Wildman–Crippen LogP) is 2.58. The monoisotopic (exact) mass is 443 g/mol. The van der Waals surface area contributed by atoms with E-state index in [0.29, 0.717) is 42.4 Å². The average molecular weight is 444 g/mol. The summed E-state index contributed by atoms with van der Waals surface area (Å²) in [4.78, 5) is 39.2. The van der Waals surface area contributed by atoms with E-state index in [4.69, 9.17) is 9.47 Å². The van der Waals surface area contributed by atoms with Crippen molar-refractivity contribution in [3.05, 3.63) is 23.8 Å². The molecule has 8 heteroatoms. The minimum atomic E-state index is -0.299. The van der Waals surface area contributed by atoms with Crippen molar-refractivity contribution >= 4 is 23.4 Å². The fourth-order valence-corrected chi connectivity index (χ4v) is 4.25. The second-order valence-electron chi connectivity index (χ2n) is 9.47. The van der Waals surface area contributed by atoms with Crippen LogP contribution >= 0.6 is 0 Å². The molecule has 3 amide bonds. The molecular weight excluding hydrogens is 410 g/mol. The van der Waals surface area contributed by atoms with Gasteiger partial charge in [0.2, 0.25) is 11.8 Å². The van der Waals surface area contributed by atoms with Crippen LogP contribution in [-0.2, 0) is 14.3 Å². The van der Waals surface area contributed by atoms with Crippen molar-refractivity contribution in [1.82, 2.24) is 10.2 Å². The largest absolute Gasteiger partial charge is 0.490 e. The molecule has 2 fully saturated rings. The second-order valence-corrected chi connectivity index (χ2v) is 9.47. The maximum Gasteiger partial charge on any atom is 0.257 e. The smallest absolute Gasteiger partial charge is 0.257 e. The van der Waals surface area contributed by atoms with E-state index >= 15 is 0 Å². The van der Waals surface area contributed by atoms with E-state index in [-0.39, 0.29) is 41.9 Å². The van der Waals surface area contributed by atoms with E-state index in [9.17, 15) is 14.4 Å². The van der Waals surface area contributed by atoms with Crippen LogP contribution in [-0.4, -0.2) is 61.1 Å². The second kappa shape index (κ2) is 9.48. The lowest BCUT2D eigenvalue weighted by Gasteiger charge is -2.42. The van der Waals surface area contributed by atoms with E-state index in [2.05, 4.69) is 10.6 Å². The van der Waals surface area contributed by atoms with E-state index in [1.165, 1.54) is 12.8 Å². The summed E-state index contributed by atoms with van der Waals surface area (Å²) in [5.74, 6) is 0.711. The van der Waals surface area contributed by atoms with Gasteiger partial charge in [0.25, 0.3) is 5.91 Å². The SMILES string of the molecule is CC(C)C(=O)Nc1ccc2c(c1)C(=O)N(C)[C@H]1CC[C@@H](CC(=O)NCC3CC3)O[C@H]1CO2. The van der Waals surface area contributed by atoms with Gasteiger partial charge in [0.1, 0.15) is 18.5 Å². The average Bonchev–Trinajstić information content (AvgIpc) is 3.59. The van der Waals surface area contributed by atoms with Crippen molar-refractivity contribution in [2.45, 2.75) is 64.2 Å². The van der Waals surface area contributed by atoms with Crippen molar-refractivity contribution in [3.63, 3.8) is 0 Å². The summed E-state index contributed by atoms with van der Waals surface area (Å²) in [5.41, 5.74) is 0.996. The normalized spacial score (nSPS) is 25.2. The topological polar surface area (TPSA) is 97.0 Å². The molecule has 2 heterocycles. The molecule has 1 aromatic rings. The quantitative estimate of drug-likeness (QED) is 0.704. The molecule has 0 radical (unpaired) electrons. The van der Waals surface area contributed by atoms with Crippen LogP contribution in [0.5, 0.6) is 5.75 Å². The van der Waals surface area contributed by atoms with Gasteiger partial charge in [-0.2, -0.15) is 0 Å². The summed E-state index contributed by atoms with van der Waals surface area (Å²) in [6.45, 7) is 4.69. The fraction of sp³-hybridized carbons (Fsp3) is 0.625. The predicted molar refractivity (Wildman–Crippen MR) is 120 cm³/mol. The third-order valence-electron chi connectivity index (χ3n) is 6.50. The van der Waals surface area contributed by atoms with Gasteiger partial charge in [0, 0.05) is 25.2 Å². The molecule has 8 nitrogen and oxygen atoms in total. The summed E-state index contributed by atoms with van der Waals surface area (Å²) < 4.78 is 12.2. The summed E-state index contributed by atoms with van der Waals surface area (Å²) in [6, 6.07) is 4.99. The number of nitrogens with zero attached hydrogens (tertiary/aromatic N) is 1. The Kier molecular flexibility index (Phi) is 6.69. The number of anilines is 1. The number of carbonyl (C=O) groups is 3. The molecule has 0 spiro atoms. The molecule has 1 aliphatic carbocycles. The lowest BCUT2D eigenvalue weighted by Crippen LogP contribution is -2.54. The Balaban J connectivity index is 1.42. The lowest BCUT2D eigenvalue weighted by molar-refractivity contribution is -0.134. The van der Waals surface area contributed by atoms with Crippen LogP contribution in [0.3, 0.4) is 0 Å². The Labute approximate surface area is 189 Å². The van der Waals surface area contributed by atoms with Crippen LogP contribution in [0.1, 0.15) is 56.3 Å². The van der Waals surface area contributed by atoms with Crippen molar-refractivity contribution in [3.8, 4) is 5.75 Å². The van der Waals surface area contributed by atoms with Crippen LogP contribution in [0.2, 0.25) is 0 Å². The van der Waals surface area contributed by atoms with E-state index in [1.807, 2.05) is 13.8 Å². The molecule has 1 aromatic carbocycles. The minimum absolute atomic E-state index is 0.0258. The maximum atomic E-state index is 13.2. The van der Waals surface area contributed by atoms with E-state index in [1.54, 1.807) is 30.1 Å². The Morgan fingerprint density at radius 2 is 1.97 bits per heavy atom. The highest BCUT2D eigenvalue weighted by molar-refractivity contribution is 6.00. The number of amides is 3. The lowest BCUT2D eigenvalue weighted by atomic mass is 9.94. The number of ether oxygens (including phenoxy) is 2. The number of hydrogen-bond acceptors (Lipinski definition) is 5. The first-order valence-corrected chi connectivity index (χ1v) is 11.6. The summed E-state index contributed by atoms with van der Waals surface area (Å²) in [6.07, 6.45) is 3.73. The molecule has 3 atom stereocenters. The molecule has 174 valence electrons. The summed E-state index contributed by atoms with van der Waals surface area (Å²) in [7, 11) is 1.78. The number of rotatable bonds is 6. The van der Waals surface area contributed by atoms with Gasteiger partial charge in [-0.25, -0.2) is 0 Å². The van der Waals surface area contributed by atoms with Crippen LogP contribution in [0, 0.1) is 11.8 Å². The highest BCUT2D eigenvalue weighted by Gasteiger charge is 2.39. The molecule has 0 unspecified atom stereocenters. The number of carbonyl (C=O) groups excluding carboxylic acids is 3. The van der Waals surface area contributed by atoms with Gasteiger partial charge >= 0.3 is 0 Å². The molecule has 1 saturated carbocycles. The molecule has 32 heavy (non-hydrogen) atoms. The zero-order valence-corrected chi connectivity index (χ0v) is 19.1. The molecule has 3 aliphatic rings. The first-order chi connectivity index (χ1) is 15.3. The Bertz CT molecular complexity index is 882. The first-order valence-electron chi connectivity index (χ1n) is 11.6. The third-order valence-corrected chi connectivity index (χ3v) is 6.50. The maximum absolute atomic E-state index is 13.2. The molecule has 2 aliphatic heterocycles. The third kappa shape index (κ3) is 5.23. The Hall–Kier alpha value is -2.61. The highest BCUT2D eigenvalue weighted by atomic mass is 16.5. The minimum Gasteiger partial charge on any atom is -0.490 e. The van der Waals surface area contributed by atoms with Crippen molar-refractivity contribution in [2.24, 2.45) is 11.8 Å². The molecule has 0 aromatic heterocycles. The van der Waals surface area contributed by atoms with Crippen LogP contribution < -0.4 is 15.4 Å². The summed E-state index contributed by atoms with van der Waals surface area (Å²) >= 11 is 0. The summed E-state index contributed by atoms with van der Waals surface area (Å²) in [5, 5.41) is 5.83. The standard InChI is InChI=1S/C24H33N3O5/c1-14(2)23(29)26-16-6-9-20-18(10-16)24(30)27(3)19-8-7-17(32-21(19)13-31-20)11-22(28)25-12-15-4-5-15/h6,9-10,14-15,17,19,21H,4-5,7-8,11-13H2,1-3H3,(H,25,28)(H,26,29)/t17-,19-,21-/m0/s1. The van der Waals surface area contributed by atoms with Gasteiger partial charge in [-0.05, 0) is 49.8 Å². The van der Waals surface area contributed by atoms with Crippen molar-refractivity contribution in [2.75, 3.05) is 25.5 Å². The Morgan fingerprint density at radius 3 is 2.69 bits per heavy atom. The number of benzene rings is 1. The number of hydrogen-bond donors (Lipinski definition) is 2. The zero-order chi connectivity index (χ0) is 22.8. The molecule has 0 bridgehead atoms. The number of likely N-dealkylation sites (N-methyl/N-ethyl adjacent to an activating group) is 1. The van der Waals surface area contributed by atoms with Gasteiger partial charge in [0.05, 0.1) is 24.1 Å². The number of fused-ring (bicyclic) bond motifs is 2. The van der Waals surface area contributed by atoms with Gasteiger partial charge in [-0.15, -0.1) is 0 Å². The Morgan fingerprint density at radius 1 is 1.19 bits per heavy atom. The van der Waals surface area contributed by atoms with Crippen molar-refractivity contribution in [1.29, 1.82) is 0 Å². The van der Waals surface area contributed by atoms with Crippen LogP contribution in [0.25, 0.3) is 0 Å². The molecule has 4 rings (SSSR count). The van der Waals surface area contributed by atoms with Gasteiger partial charge in [-0.1, -0.05) is 13.8 Å². The van der Waals surface area contributed by atoms with Gasteiger partial charge in [0.15, 0.2) is 0 Å². The molecule has 2 N–H and O–H groups in total. The van der Waals surface area contributed by atoms with Gasteiger partial charge in [-0.3, -0.25) is 14.4 Å². The van der Waals surface area contributed by atoms with Crippen LogP contribution in [0.4, 0.5) is 5.69 Å². The number of nitrogens with one attached hydrogen (secondary N) is 2. The highest BCUT2D eigenvalue weighted by Crippen LogP contribution is 2.33. The zero-order valence-electron chi connectivity index (χ0n) is 19.1. The van der Waals surface area contributed by atoms with E-state index < -0.39 is 0 Å². The molecule has 1 saturated heterocycles. The first kappa shape index (κ1) is 22.6. The van der Waals surface area contributed by atoms with Crippen LogP contribution in [0.15, 0.2) is 18.2 Å². The van der Waals surface area contributed by atoms with E-state index in [0.717, 1.165) is 13.0 Å². The van der Waals surface area contributed by atoms with Crippen molar-refractivity contribution < 1.29 is 23.9 Å². The molecular formula is C24H33N3O5. The van der Waals surface area contributed by atoms with Gasteiger partial charge < -0.3 is 25.0 Å². The fourth-order valence-electron chi connectivity index (χ4n) is 4.25.